The number of benzene rings is 1. The van der Waals surface area contributed by atoms with Gasteiger partial charge in [0, 0.05) is 18.4 Å². The number of likely N-dealkylation sites (N-methyl/N-ethyl adjacent to an activating group) is 1. The molecule has 118 valence electrons. The predicted octanol–water partition coefficient (Wildman–Crippen LogP) is 2.54. The maximum Gasteiger partial charge on any atom is 0.323 e. The van der Waals surface area contributed by atoms with E-state index < -0.39 is 6.03 Å². The van der Waals surface area contributed by atoms with Gasteiger partial charge in [0.05, 0.1) is 18.4 Å². The lowest BCUT2D eigenvalue weighted by molar-refractivity contribution is 0.262. The molecule has 0 aliphatic rings. The third-order valence-corrected chi connectivity index (χ3v) is 3.08. The first kappa shape index (κ1) is 16.0. The average Bonchev–Trinajstić information content (AvgIpc) is 2.88. The van der Waals surface area contributed by atoms with E-state index in [-0.39, 0.29) is 5.82 Å². The highest BCUT2D eigenvalue weighted by atomic mass is 19.1. The number of anilines is 2. The van der Waals surface area contributed by atoms with E-state index in [1.165, 1.54) is 12.1 Å². The highest BCUT2D eigenvalue weighted by Gasteiger charge is 2.06. The molecule has 6 nitrogen and oxygen atoms in total. The number of rotatable bonds is 5. The molecule has 1 aromatic heterocycles. The molecule has 0 aliphatic heterocycles. The van der Waals surface area contributed by atoms with Crippen LogP contribution in [0.3, 0.4) is 0 Å². The number of halogens is 1. The van der Waals surface area contributed by atoms with Crippen molar-refractivity contribution in [2.75, 3.05) is 31.3 Å². The zero-order valence-corrected chi connectivity index (χ0v) is 12.9. The van der Waals surface area contributed by atoms with E-state index in [1.54, 1.807) is 30.1 Å². The number of urea groups is 1. The first-order chi connectivity index (χ1) is 10.4. The minimum atomic E-state index is -0.391. The van der Waals surface area contributed by atoms with Crippen molar-refractivity contribution in [2.24, 2.45) is 0 Å². The van der Waals surface area contributed by atoms with Crippen LogP contribution in [0.5, 0.6) is 0 Å². The zero-order chi connectivity index (χ0) is 16.1. The highest BCUT2D eigenvalue weighted by molar-refractivity contribution is 5.99. The Morgan fingerprint density at radius 1 is 1.32 bits per heavy atom. The van der Waals surface area contributed by atoms with Gasteiger partial charge in [-0.3, -0.25) is 4.68 Å². The van der Waals surface area contributed by atoms with Crippen molar-refractivity contribution in [3.8, 4) is 0 Å². The van der Waals surface area contributed by atoms with Crippen LogP contribution in [0, 0.1) is 12.7 Å². The third kappa shape index (κ3) is 4.56. The van der Waals surface area contributed by atoms with E-state index >= 15 is 0 Å². The molecule has 0 unspecified atom stereocenters. The predicted molar refractivity (Wildman–Crippen MR) is 84.6 cm³/mol. The van der Waals surface area contributed by atoms with Crippen LogP contribution in [0.15, 0.2) is 30.6 Å². The van der Waals surface area contributed by atoms with E-state index in [4.69, 9.17) is 0 Å². The molecule has 0 saturated carbocycles. The lowest BCUT2D eigenvalue weighted by Crippen LogP contribution is -2.19. The van der Waals surface area contributed by atoms with Crippen LogP contribution in [0.1, 0.15) is 5.56 Å². The standard InChI is InChI=1S/C15H20FN5O/c1-11-8-12(4-5-14(11)16)18-15(22)19-13-9-17-21(10-13)7-6-20(2)3/h4-5,8-10H,6-7H2,1-3H3,(H2,18,19,22). The van der Waals surface area contributed by atoms with Gasteiger partial charge in [0.1, 0.15) is 5.82 Å². The molecular formula is C15H20FN5O. The number of aromatic nitrogens is 2. The van der Waals surface area contributed by atoms with Crippen molar-refractivity contribution >= 4 is 17.4 Å². The Labute approximate surface area is 128 Å². The topological polar surface area (TPSA) is 62.2 Å². The zero-order valence-electron chi connectivity index (χ0n) is 12.9. The molecule has 2 N–H and O–H groups in total. The molecule has 1 heterocycles. The molecule has 0 saturated heterocycles. The fourth-order valence-corrected chi connectivity index (χ4v) is 1.87. The first-order valence-corrected chi connectivity index (χ1v) is 6.95. The second-order valence-electron chi connectivity index (χ2n) is 5.34. The number of nitrogens with one attached hydrogen (secondary N) is 2. The fourth-order valence-electron chi connectivity index (χ4n) is 1.87. The summed E-state index contributed by atoms with van der Waals surface area (Å²) in [6, 6.07) is 4.03. The second kappa shape index (κ2) is 7.04. The Morgan fingerprint density at radius 2 is 2.05 bits per heavy atom. The largest absolute Gasteiger partial charge is 0.323 e. The number of carbonyl (C=O) groups excluding carboxylic acids is 1. The Balaban J connectivity index is 1.90. The summed E-state index contributed by atoms with van der Waals surface area (Å²) in [5, 5.41) is 9.52. The Hall–Kier alpha value is -2.41. The van der Waals surface area contributed by atoms with E-state index in [2.05, 4.69) is 20.6 Å². The van der Waals surface area contributed by atoms with Gasteiger partial charge in [-0.1, -0.05) is 0 Å². The van der Waals surface area contributed by atoms with Gasteiger partial charge in [0.15, 0.2) is 0 Å². The maximum absolute atomic E-state index is 13.2. The highest BCUT2D eigenvalue weighted by Crippen LogP contribution is 2.14. The van der Waals surface area contributed by atoms with E-state index in [9.17, 15) is 9.18 Å². The number of amides is 2. The molecule has 2 amide bonds. The third-order valence-electron chi connectivity index (χ3n) is 3.08. The molecule has 22 heavy (non-hydrogen) atoms. The molecule has 7 heteroatoms. The van der Waals surface area contributed by atoms with Crippen molar-refractivity contribution in [2.45, 2.75) is 13.5 Å². The van der Waals surface area contributed by atoms with Crippen LogP contribution in [0.25, 0.3) is 0 Å². The van der Waals surface area contributed by atoms with Crippen molar-refractivity contribution in [1.82, 2.24) is 14.7 Å². The summed E-state index contributed by atoms with van der Waals surface area (Å²) in [5.41, 5.74) is 1.63. The lowest BCUT2D eigenvalue weighted by atomic mass is 10.2. The second-order valence-corrected chi connectivity index (χ2v) is 5.34. The van der Waals surface area contributed by atoms with Gasteiger partial charge in [0.2, 0.25) is 0 Å². The van der Waals surface area contributed by atoms with Gasteiger partial charge in [-0.05, 0) is 44.8 Å². The van der Waals surface area contributed by atoms with Crippen LogP contribution >= 0.6 is 0 Å². The quantitative estimate of drug-likeness (QED) is 0.892. The normalized spacial score (nSPS) is 10.8. The molecule has 2 aromatic rings. The molecule has 1 aromatic carbocycles. The summed E-state index contributed by atoms with van der Waals surface area (Å²) in [6.07, 6.45) is 3.35. The molecule has 0 bridgehead atoms. The van der Waals surface area contributed by atoms with Gasteiger partial charge in [0.25, 0.3) is 0 Å². The Morgan fingerprint density at radius 3 is 2.73 bits per heavy atom. The molecule has 2 rings (SSSR count). The van der Waals surface area contributed by atoms with Crippen molar-refractivity contribution in [3.63, 3.8) is 0 Å². The van der Waals surface area contributed by atoms with Gasteiger partial charge in [-0.15, -0.1) is 0 Å². The van der Waals surface area contributed by atoms with Crippen LogP contribution in [0.4, 0.5) is 20.6 Å². The van der Waals surface area contributed by atoms with Crippen molar-refractivity contribution < 1.29 is 9.18 Å². The summed E-state index contributed by atoms with van der Waals surface area (Å²) in [7, 11) is 3.97. The summed E-state index contributed by atoms with van der Waals surface area (Å²) >= 11 is 0. The summed E-state index contributed by atoms with van der Waals surface area (Å²) in [4.78, 5) is 13.9. The average molecular weight is 305 g/mol. The summed E-state index contributed by atoms with van der Waals surface area (Å²) < 4.78 is 14.9. The van der Waals surface area contributed by atoms with E-state index in [0.717, 1.165) is 13.1 Å². The van der Waals surface area contributed by atoms with Gasteiger partial charge in [-0.2, -0.15) is 5.10 Å². The fraction of sp³-hybridized carbons (Fsp3) is 0.333. The number of carbonyl (C=O) groups is 1. The summed E-state index contributed by atoms with van der Waals surface area (Å²) in [6.45, 7) is 3.25. The molecule has 0 radical (unpaired) electrons. The SMILES string of the molecule is Cc1cc(NC(=O)Nc2cnn(CCN(C)C)c2)ccc1F. The minimum absolute atomic E-state index is 0.298. The summed E-state index contributed by atoms with van der Waals surface area (Å²) in [5.74, 6) is -0.298. The molecule has 0 spiro atoms. The van der Waals surface area contributed by atoms with Gasteiger partial charge in [-0.25, -0.2) is 9.18 Å². The number of hydrogen-bond acceptors (Lipinski definition) is 3. The number of hydrogen-bond donors (Lipinski definition) is 2. The Bertz CT molecular complexity index is 653. The van der Waals surface area contributed by atoms with Crippen LogP contribution in [-0.4, -0.2) is 41.4 Å². The number of aryl methyl sites for hydroxylation is 1. The maximum atomic E-state index is 13.2. The van der Waals surface area contributed by atoms with Crippen molar-refractivity contribution in [3.05, 3.63) is 42.0 Å². The van der Waals surface area contributed by atoms with Crippen LogP contribution in [0.2, 0.25) is 0 Å². The van der Waals surface area contributed by atoms with Gasteiger partial charge >= 0.3 is 6.03 Å². The van der Waals surface area contributed by atoms with Crippen molar-refractivity contribution in [1.29, 1.82) is 0 Å². The van der Waals surface area contributed by atoms with E-state index in [1.807, 2.05) is 14.1 Å². The Kier molecular flexibility index (Phi) is 5.11. The number of nitrogens with zero attached hydrogens (tertiary/aromatic N) is 3. The minimum Gasteiger partial charge on any atom is -0.308 e. The van der Waals surface area contributed by atoms with E-state index in [0.29, 0.717) is 16.9 Å². The molecular weight excluding hydrogens is 285 g/mol. The van der Waals surface area contributed by atoms with Crippen LogP contribution in [-0.2, 0) is 6.54 Å². The lowest BCUT2D eigenvalue weighted by Gasteiger charge is -2.09. The molecule has 0 atom stereocenters. The van der Waals surface area contributed by atoms with Crippen LogP contribution < -0.4 is 10.6 Å². The van der Waals surface area contributed by atoms with Gasteiger partial charge < -0.3 is 15.5 Å². The smallest absolute Gasteiger partial charge is 0.308 e. The molecule has 0 aliphatic carbocycles. The monoisotopic (exact) mass is 305 g/mol. The molecule has 0 fully saturated rings. The first-order valence-electron chi connectivity index (χ1n) is 6.95.